The molecule has 3 aromatic carbocycles. The summed E-state index contributed by atoms with van der Waals surface area (Å²) >= 11 is 0. The molecule has 1 N–H and O–H groups in total. The molecule has 1 amide bonds. The average Bonchev–Trinajstić information content (AvgIpc) is 2.78. The number of hydrogen-bond donors (Lipinski definition) is 1. The first-order valence-electron chi connectivity index (χ1n) is 11.1. The second-order valence-electron chi connectivity index (χ2n) is 8.43. The van der Waals surface area contributed by atoms with E-state index in [0.717, 1.165) is 27.8 Å². The second-order valence-corrected chi connectivity index (χ2v) is 10.3. The lowest BCUT2D eigenvalue weighted by Crippen LogP contribution is -2.33. The molecular weight excluding hydrogens is 432 g/mol. The molecule has 0 aliphatic carbocycles. The Labute approximate surface area is 197 Å². The molecule has 0 fully saturated rings. The van der Waals surface area contributed by atoms with Crippen LogP contribution in [0.5, 0.6) is 0 Å². The van der Waals surface area contributed by atoms with Gasteiger partial charge < -0.3 is 5.32 Å². The first kappa shape index (κ1) is 24.5. The van der Waals surface area contributed by atoms with Crippen LogP contribution in [0.15, 0.2) is 72.8 Å². The summed E-state index contributed by atoms with van der Waals surface area (Å²) in [5.41, 5.74) is 5.78. The van der Waals surface area contributed by atoms with Crippen molar-refractivity contribution in [3.63, 3.8) is 0 Å². The van der Waals surface area contributed by atoms with Crippen LogP contribution >= 0.6 is 0 Å². The van der Waals surface area contributed by atoms with Gasteiger partial charge in [0.15, 0.2) is 0 Å². The van der Waals surface area contributed by atoms with Gasteiger partial charge in [-0.05, 0) is 61.1 Å². The molecule has 0 heterocycles. The van der Waals surface area contributed by atoms with E-state index in [4.69, 9.17) is 0 Å². The Balaban J connectivity index is 1.73. The van der Waals surface area contributed by atoms with Gasteiger partial charge in [-0.2, -0.15) is 0 Å². The molecule has 3 rings (SSSR count). The molecule has 0 bridgehead atoms. The summed E-state index contributed by atoms with van der Waals surface area (Å²) in [6.45, 7) is 6.16. The van der Waals surface area contributed by atoms with Crippen molar-refractivity contribution in [1.82, 2.24) is 5.32 Å². The minimum Gasteiger partial charge on any atom is -0.345 e. The minimum atomic E-state index is -3.47. The Morgan fingerprint density at radius 2 is 1.52 bits per heavy atom. The third kappa shape index (κ3) is 6.23. The fourth-order valence-corrected chi connectivity index (χ4v) is 5.00. The quantitative estimate of drug-likeness (QED) is 0.481. The monoisotopic (exact) mass is 464 g/mol. The van der Waals surface area contributed by atoms with Gasteiger partial charge in [-0.15, -0.1) is 0 Å². The Kier molecular flexibility index (Phi) is 7.92. The molecular formula is C27H32N2O3S. The summed E-state index contributed by atoms with van der Waals surface area (Å²) in [5, 5.41) is 3.16. The van der Waals surface area contributed by atoms with E-state index in [9.17, 15) is 13.2 Å². The van der Waals surface area contributed by atoms with E-state index in [0.29, 0.717) is 12.1 Å². The molecule has 0 aliphatic rings. The molecule has 0 unspecified atom stereocenters. The number of sulfonamides is 1. The zero-order valence-corrected chi connectivity index (χ0v) is 20.5. The summed E-state index contributed by atoms with van der Waals surface area (Å²) in [7, 11) is -3.47. The lowest BCUT2D eigenvalue weighted by molar-refractivity contribution is -0.121. The van der Waals surface area contributed by atoms with E-state index in [-0.39, 0.29) is 24.9 Å². The van der Waals surface area contributed by atoms with Crippen LogP contribution < -0.4 is 9.62 Å². The van der Waals surface area contributed by atoms with E-state index in [1.807, 2.05) is 93.6 Å². The predicted octanol–water partition coefficient (Wildman–Crippen LogP) is 5.06. The maximum Gasteiger partial charge on any atom is 0.232 e. The van der Waals surface area contributed by atoms with Crippen molar-refractivity contribution in [1.29, 1.82) is 0 Å². The average molecular weight is 465 g/mol. The van der Waals surface area contributed by atoms with Gasteiger partial charge in [0.05, 0.1) is 18.0 Å². The maximum atomic E-state index is 12.9. The predicted molar refractivity (Wildman–Crippen MR) is 135 cm³/mol. The van der Waals surface area contributed by atoms with Crippen molar-refractivity contribution < 1.29 is 13.2 Å². The Hall–Kier alpha value is -3.12. The van der Waals surface area contributed by atoms with Crippen molar-refractivity contribution in [2.75, 3.05) is 17.1 Å². The van der Waals surface area contributed by atoms with E-state index in [2.05, 4.69) is 5.32 Å². The van der Waals surface area contributed by atoms with Gasteiger partial charge in [-0.3, -0.25) is 9.10 Å². The number of rotatable bonds is 9. The second kappa shape index (κ2) is 10.7. The summed E-state index contributed by atoms with van der Waals surface area (Å²) in [4.78, 5) is 12.9. The number of anilines is 1. The molecule has 0 saturated heterocycles. The maximum absolute atomic E-state index is 12.9. The molecule has 0 aliphatic heterocycles. The molecule has 0 radical (unpaired) electrons. The molecule has 3 aromatic rings. The van der Waals surface area contributed by atoms with Crippen LogP contribution in [0.1, 0.15) is 46.7 Å². The van der Waals surface area contributed by atoms with Crippen LogP contribution in [0.25, 0.3) is 0 Å². The van der Waals surface area contributed by atoms with Crippen LogP contribution in [0.2, 0.25) is 0 Å². The molecule has 5 nitrogen and oxygen atoms in total. The highest BCUT2D eigenvalue weighted by molar-refractivity contribution is 7.92. The number of hydrogen-bond acceptors (Lipinski definition) is 3. The zero-order chi connectivity index (χ0) is 24.0. The van der Waals surface area contributed by atoms with Gasteiger partial charge in [0, 0.05) is 13.0 Å². The van der Waals surface area contributed by atoms with Crippen molar-refractivity contribution >= 4 is 21.6 Å². The van der Waals surface area contributed by atoms with Gasteiger partial charge >= 0.3 is 0 Å². The number of nitrogens with one attached hydrogen (secondary N) is 1. The standard InChI is InChI=1S/C27H32N2O3S/c1-20-13-10-17-25(22(20)3)29(33(4,31)32)19-11-18-26(30)28-27(23-14-6-5-7-15-23)24-16-9-8-12-21(24)2/h5-10,12-17,27H,11,18-19H2,1-4H3,(H,28,30)/t27-/m0/s1. The molecule has 0 aromatic heterocycles. The highest BCUT2D eigenvalue weighted by Gasteiger charge is 2.21. The summed E-state index contributed by atoms with van der Waals surface area (Å²) < 4.78 is 26.4. The first-order chi connectivity index (χ1) is 15.7. The third-order valence-corrected chi connectivity index (χ3v) is 7.13. The van der Waals surface area contributed by atoms with Crippen LogP contribution in [-0.2, 0) is 14.8 Å². The fourth-order valence-electron chi connectivity index (χ4n) is 3.98. The highest BCUT2D eigenvalue weighted by atomic mass is 32.2. The minimum absolute atomic E-state index is 0.110. The summed E-state index contributed by atoms with van der Waals surface area (Å²) in [6, 6.07) is 23.3. The van der Waals surface area contributed by atoms with Gasteiger partial charge in [-0.1, -0.05) is 66.7 Å². The Morgan fingerprint density at radius 3 is 2.18 bits per heavy atom. The number of carbonyl (C=O) groups excluding carboxylic acids is 1. The number of carbonyl (C=O) groups is 1. The molecule has 1 atom stereocenters. The number of aryl methyl sites for hydroxylation is 2. The van der Waals surface area contributed by atoms with E-state index >= 15 is 0 Å². The Bertz CT molecular complexity index is 1210. The topological polar surface area (TPSA) is 66.5 Å². The SMILES string of the molecule is Cc1ccccc1[C@@H](NC(=O)CCCN(c1cccc(C)c1C)S(C)(=O)=O)c1ccccc1. The number of benzene rings is 3. The van der Waals surface area contributed by atoms with E-state index < -0.39 is 10.0 Å². The number of amides is 1. The van der Waals surface area contributed by atoms with E-state index in [1.165, 1.54) is 10.6 Å². The highest BCUT2D eigenvalue weighted by Crippen LogP contribution is 2.27. The lowest BCUT2D eigenvalue weighted by atomic mass is 9.95. The normalized spacial score (nSPS) is 12.2. The molecule has 0 spiro atoms. The molecule has 6 heteroatoms. The third-order valence-electron chi connectivity index (χ3n) is 5.95. The zero-order valence-electron chi connectivity index (χ0n) is 19.7. The molecule has 174 valence electrons. The van der Waals surface area contributed by atoms with E-state index in [1.54, 1.807) is 0 Å². The molecule has 33 heavy (non-hydrogen) atoms. The van der Waals surface area contributed by atoms with Crippen LogP contribution in [0.4, 0.5) is 5.69 Å². The Morgan fingerprint density at radius 1 is 0.879 bits per heavy atom. The summed E-state index contributed by atoms with van der Waals surface area (Å²) in [6.07, 6.45) is 1.85. The summed E-state index contributed by atoms with van der Waals surface area (Å²) in [5.74, 6) is -0.110. The fraction of sp³-hybridized carbons (Fsp3) is 0.296. The molecule has 0 saturated carbocycles. The largest absolute Gasteiger partial charge is 0.345 e. The van der Waals surface area contributed by atoms with Gasteiger partial charge in [0.1, 0.15) is 0 Å². The van der Waals surface area contributed by atoms with Crippen LogP contribution in [0, 0.1) is 20.8 Å². The van der Waals surface area contributed by atoms with Crippen molar-refractivity contribution in [2.24, 2.45) is 0 Å². The van der Waals surface area contributed by atoms with Crippen molar-refractivity contribution in [2.45, 2.75) is 39.7 Å². The number of nitrogens with zero attached hydrogens (tertiary/aromatic N) is 1. The lowest BCUT2D eigenvalue weighted by Gasteiger charge is -2.25. The van der Waals surface area contributed by atoms with Gasteiger partial charge in [-0.25, -0.2) is 8.42 Å². The van der Waals surface area contributed by atoms with Gasteiger partial charge in [0.2, 0.25) is 15.9 Å². The van der Waals surface area contributed by atoms with Crippen molar-refractivity contribution in [3.05, 3.63) is 101 Å². The van der Waals surface area contributed by atoms with Gasteiger partial charge in [0.25, 0.3) is 0 Å². The van der Waals surface area contributed by atoms with Crippen molar-refractivity contribution in [3.8, 4) is 0 Å². The van der Waals surface area contributed by atoms with Crippen LogP contribution in [0.3, 0.4) is 0 Å². The smallest absolute Gasteiger partial charge is 0.232 e. The first-order valence-corrected chi connectivity index (χ1v) is 13.0. The van der Waals surface area contributed by atoms with Crippen LogP contribution in [-0.4, -0.2) is 27.1 Å².